The maximum atomic E-state index is 12.4. The van der Waals surface area contributed by atoms with Gasteiger partial charge in [-0.3, -0.25) is 9.36 Å². The lowest BCUT2D eigenvalue weighted by Gasteiger charge is -2.27. The molecule has 0 aliphatic carbocycles. The van der Waals surface area contributed by atoms with Crippen molar-refractivity contribution in [1.82, 2.24) is 20.1 Å². The third kappa shape index (κ3) is 5.98. The highest BCUT2D eigenvalue weighted by atomic mass is 32.2. The number of hydrogen-bond acceptors (Lipinski definition) is 7. The number of hydrogen-bond donors (Lipinski definition) is 1. The van der Waals surface area contributed by atoms with Crippen LogP contribution in [-0.2, 0) is 4.79 Å². The quantitative estimate of drug-likeness (QED) is 0.361. The van der Waals surface area contributed by atoms with Crippen LogP contribution < -0.4 is 19.7 Å². The van der Waals surface area contributed by atoms with E-state index in [9.17, 15) is 4.79 Å². The second-order valence-electron chi connectivity index (χ2n) is 7.64. The minimum absolute atomic E-state index is 0.0780. The van der Waals surface area contributed by atoms with Crippen molar-refractivity contribution in [1.29, 1.82) is 0 Å². The first-order valence-electron chi connectivity index (χ1n) is 11.2. The first kappa shape index (κ1) is 23.0. The molecule has 174 valence electrons. The number of benzene rings is 2. The van der Waals surface area contributed by atoms with Gasteiger partial charge in [-0.2, -0.15) is 0 Å². The maximum Gasteiger partial charge on any atom is 0.232 e. The van der Waals surface area contributed by atoms with Crippen molar-refractivity contribution in [2.24, 2.45) is 0 Å². The summed E-state index contributed by atoms with van der Waals surface area (Å²) in [6.07, 6.45) is 3.56. The summed E-state index contributed by atoms with van der Waals surface area (Å²) in [5.41, 5.74) is 0.996. The van der Waals surface area contributed by atoms with Gasteiger partial charge in [0.1, 0.15) is 6.61 Å². The number of thioether (sulfide) groups is 1. The van der Waals surface area contributed by atoms with Crippen LogP contribution in [0.15, 0.2) is 59.8 Å². The number of piperidine rings is 1. The number of para-hydroxylation sites is 3. The maximum absolute atomic E-state index is 12.4. The predicted molar refractivity (Wildman–Crippen MR) is 130 cm³/mol. The molecule has 2 aromatic carbocycles. The highest BCUT2D eigenvalue weighted by molar-refractivity contribution is 7.99. The molecule has 8 nitrogen and oxygen atoms in total. The molecule has 9 heteroatoms. The molecule has 33 heavy (non-hydrogen) atoms. The number of ether oxygens (including phenoxy) is 2. The Balaban J connectivity index is 1.34. The number of anilines is 1. The van der Waals surface area contributed by atoms with Gasteiger partial charge in [0.05, 0.1) is 25.1 Å². The van der Waals surface area contributed by atoms with Gasteiger partial charge in [0.2, 0.25) is 11.9 Å². The summed E-state index contributed by atoms with van der Waals surface area (Å²) >= 11 is 1.39. The second-order valence-corrected chi connectivity index (χ2v) is 8.58. The van der Waals surface area contributed by atoms with Gasteiger partial charge >= 0.3 is 0 Å². The largest absolute Gasteiger partial charge is 0.493 e. The van der Waals surface area contributed by atoms with Crippen LogP contribution in [0.1, 0.15) is 19.3 Å². The zero-order valence-corrected chi connectivity index (χ0v) is 19.6. The summed E-state index contributed by atoms with van der Waals surface area (Å²) in [7, 11) is 1.60. The monoisotopic (exact) mass is 467 g/mol. The van der Waals surface area contributed by atoms with Crippen LogP contribution in [0.3, 0.4) is 0 Å². The molecular weight excluding hydrogens is 438 g/mol. The lowest BCUT2D eigenvalue weighted by atomic mass is 10.1. The Morgan fingerprint density at radius 2 is 1.73 bits per heavy atom. The highest BCUT2D eigenvalue weighted by Crippen LogP contribution is 2.28. The molecule has 2 heterocycles. The number of nitrogens with one attached hydrogen (secondary N) is 1. The van der Waals surface area contributed by atoms with Gasteiger partial charge < -0.3 is 19.7 Å². The van der Waals surface area contributed by atoms with Crippen molar-refractivity contribution in [2.45, 2.75) is 24.4 Å². The predicted octanol–water partition coefficient (Wildman–Crippen LogP) is 3.55. The number of carbonyl (C=O) groups is 1. The minimum atomic E-state index is -0.0780. The summed E-state index contributed by atoms with van der Waals surface area (Å²) < 4.78 is 13.0. The molecule has 0 radical (unpaired) electrons. The molecule has 1 aliphatic rings. The second kappa shape index (κ2) is 11.6. The molecular formula is C24H29N5O3S. The van der Waals surface area contributed by atoms with Gasteiger partial charge in [-0.25, -0.2) is 0 Å². The Bertz CT molecular complexity index is 1040. The third-order valence-electron chi connectivity index (χ3n) is 5.35. The topological polar surface area (TPSA) is 81.5 Å². The van der Waals surface area contributed by atoms with Crippen LogP contribution in [0.4, 0.5) is 5.95 Å². The normalized spacial score (nSPS) is 13.5. The van der Waals surface area contributed by atoms with Gasteiger partial charge in [-0.05, 0) is 43.5 Å². The first-order valence-corrected chi connectivity index (χ1v) is 12.2. The van der Waals surface area contributed by atoms with Crippen LogP contribution >= 0.6 is 11.8 Å². The zero-order valence-electron chi connectivity index (χ0n) is 18.8. The summed E-state index contributed by atoms with van der Waals surface area (Å²) in [5, 5.41) is 12.5. The molecule has 1 fully saturated rings. The molecule has 1 saturated heterocycles. The van der Waals surface area contributed by atoms with Crippen molar-refractivity contribution in [2.75, 3.05) is 44.0 Å². The van der Waals surface area contributed by atoms with E-state index in [1.54, 1.807) is 7.11 Å². The van der Waals surface area contributed by atoms with Gasteiger partial charge in [0.15, 0.2) is 16.7 Å². The summed E-state index contributed by atoms with van der Waals surface area (Å²) in [5.74, 6) is 2.34. The lowest BCUT2D eigenvalue weighted by molar-refractivity contribution is -0.118. The molecule has 1 aliphatic heterocycles. The zero-order chi connectivity index (χ0) is 22.9. The molecule has 1 N–H and O–H groups in total. The molecule has 3 aromatic rings. The summed E-state index contributed by atoms with van der Waals surface area (Å²) in [4.78, 5) is 14.7. The molecule has 0 spiro atoms. The number of aromatic nitrogens is 3. The van der Waals surface area contributed by atoms with Crippen molar-refractivity contribution in [3.8, 4) is 17.2 Å². The molecule has 1 aromatic heterocycles. The van der Waals surface area contributed by atoms with E-state index in [0.717, 1.165) is 37.6 Å². The van der Waals surface area contributed by atoms with Gasteiger partial charge in [0, 0.05) is 13.1 Å². The van der Waals surface area contributed by atoms with E-state index in [1.807, 2.05) is 59.2 Å². The average Bonchev–Trinajstić information content (AvgIpc) is 3.30. The fraction of sp³-hybridized carbons (Fsp3) is 0.375. The Labute approximate surface area is 198 Å². The Morgan fingerprint density at radius 3 is 2.48 bits per heavy atom. The van der Waals surface area contributed by atoms with Crippen molar-refractivity contribution < 1.29 is 14.3 Å². The summed E-state index contributed by atoms with van der Waals surface area (Å²) in [6, 6.07) is 17.5. The summed E-state index contributed by atoms with van der Waals surface area (Å²) in [6.45, 7) is 2.71. The lowest BCUT2D eigenvalue weighted by Crippen LogP contribution is -2.32. The van der Waals surface area contributed by atoms with E-state index < -0.39 is 0 Å². The first-order chi connectivity index (χ1) is 16.3. The van der Waals surface area contributed by atoms with Crippen LogP contribution in [0.25, 0.3) is 5.69 Å². The molecule has 0 saturated carbocycles. The smallest absolute Gasteiger partial charge is 0.232 e. The number of amides is 1. The van der Waals surface area contributed by atoms with Crippen molar-refractivity contribution in [3.05, 3.63) is 54.6 Å². The van der Waals surface area contributed by atoms with Crippen molar-refractivity contribution >= 4 is 23.6 Å². The molecule has 0 bridgehead atoms. The minimum Gasteiger partial charge on any atom is -0.493 e. The van der Waals surface area contributed by atoms with E-state index in [1.165, 1.54) is 18.2 Å². The number of nitrogens with zero attached hydrogens (tertiary/aromatic N) is 4. The van der Waals surface area contributed by atoms with Crippen LogP contribution in [0.5, 0.6) is 11.5 Å². The van der Waals surface area contributed by atoms with Crippen LogP contribution in [-0.4, -0.2) is 59.8 Å². The number of rotatable bonds is 10. The molecule has 0 unspecified atom stereocenters. The van der Waals surface area contributed by atoms with E-state index in [4.69, 9.17) is 9.47 Å². The van der Waals surface area contributed by atoms with Crippen LogP contribution in [0.2, 0.25) is 0 Å². The molecule has 4 rings (SSSR count). The third-order valence-corrected chi connectivity index (χ3v) is 6.28. The van der Waals surface area contributed by atoms with E-state index >= 15 is 0 Å². The number of methoxy groups -OCH3 is 1. The van der Waals surface area contributed by atoms with Gasteiger partial charge in [-0.1, -0.05) is 42.1 Å². The van der Waals surface area contributed by atoms with E-state index in [0.29, 0.717) is 29.8 Å². The fourth-order valence-corrected chi connectivity index (χ4v) is 4.51. The SMILES string of the molecule is COc1ccccc1OCCNC(=O)CSc1nnc(N2CCCCC2)n1-c1ccccc1. The number of carbonyl (C=O) groups excluding carboxylic acids is 1. The molecule has 1 amide bonds. The van der Waals surface area contributed by atoms with E-state index in [2.05, 4.69) is 20.4 Å². The highest BCUT2D eigenvalue weighted by Gasteiger charge is 2.22. The Morgan fingerprint density at radius 1 is 1.00 bits per heavy atom. The Kier molecular flexibility index (Phi) is 8.08. The van der Waals surface area contributed by atoms with Crippen molar-refractivity contribution in [3.63, 3.8) is 0 Å². The fourth-order valence-electron chi connectivity index (χ4n) is 3.73. The van der Waals surface area contributed by atoms with Crippen LogP contribution in [0, 0.1) is 0 Å². The van der Waals surface area contributed by atoms with Gasteiger partial charge in [-0.15, -0.1) is 10.2 Å². The van der Waals surface area contributed by atoms with Gasteiger partial charge in [0.25, 0.3) is 0 Å². The molecule has 0 atom stereocenters. The van der Waals surface area contributed by atoms with E-state index in [-0.39, 0.29) is 11.7 Å². The average molecular weight is 468 g/mol. The Hall–Kier alpha value is -3.20. The standard InChI is InChI=1S/C24H29N5O3S/c1-31-20-12-6-7-13-21(20)32-17-14-25-22(30)18-33-24-27-26-23(28-15-8-3-9-16-28)29(24)19-10-4-2-5-11-19/h2,4-7,10-13H,3,8-9,14-18H2,1H3,(H,25,30).